The fourth-order valence-electron chi connectivity index (χ4n) is 1.53. The van der Waals surface area contributed by atoms with Gasteiger partial charge in [-0.15, -0.1) is 11.3 Å². The third-order valence-electron chi connectivity index (χ3n) is 2.57. The second kappa shape index (κ2) is 5.71. The monoisotopic (exact) mass is 277 g/mol. The number of pyridine rings is 1. The van der Waals surface area contributed by atoms with Gasteiger partial charge < -0.3 is 15.3 Å². The number of carboxylic acid groups (broad SMARTS) is 1. The molecular formula is C13H15N3O2S. The van der Waals surface area contributed by atoms with Crippen molar-refractivity contribution in [3.8, 4) is 0 Å². The van der Waals surface area contributed by atoms with Crippen molar-refractivity contribution in [3.63, 3.8) is 0 Å². The lowest BCUT2D eigenvalue weighted by atomic mass is 10.3. The normalized spacial score (nSPS) is 10.2. The van der Waals surface area contributed by atoms with E-state index in [-0.39, 0.29) is 0 Å². The summed E-state index contributed by atoms with van der Waals surface area (Å²) in [6.45, 7) is 0.598. The minimum atomic E-state index is -0.889. The summed E-state index contributed by atoms with van der Waals surface area (Å²) in [5.41, 5.74) is 1.25. The second-order valence-corrected chi connectivity index (χ2v) is 5.26. The summed E-state index contributed by atoms with van der Waals surface area (Å²) in [6, 6.07) is 5.56. The minimum absolute atomic E-state index is 0.336. The average Bonchev–Trinajstić information content (AvgIpc) is 2.86. The number of thiophene rings is 1. The summed E-state index contributed by atoms with van der Waals surface area (Å²) in [5.74, 6) is 0.00865. The molecule has 2 aromatic heterocycles. The predicted molar refractivity (Wildman–Crippen MR) is 77.2 cm³/mol. The molecule has 0 aliphatic heterocycles. The number of nitrogens with one attached hydrogen (secondary N) is 1. The average molecular weight is 277 g/mol. The molecule has 0 saturated heterocycles. The molecule has 0 unspecified atom stereocenters. The molecule has 2 rings (SSSR count). The van der Waals surface area contributed by atoms with E-state index in [4.69, 9.17) is 5.11 Å². The summed E-state index contributed by atoms with van der Waals surface area (Å²) in [6.07, 6.45) is 1.76. The van der Waals surface area contributed by atoms with Crippen molar-refractivity contribution in [1.82, 2.24) is 4.98 Å². The maximum absolute atomic E-state index is 10.8. The standard InChI is InChI=1S/C13H15N3O2S/c1-16(2)12-4-3-10(6-15-12)14-7-11-5-9(8-19-11)13(17)18/h3-6,8,14H,7H2,1-2H3,(H,17,18). The number of aromatic nitrogens is 1. The van der Waals surface area contributed by atoms with Crippen LogP contribution >= 0.6 is 11.3 Å². The number of rotatable bonds is 5. The number of nitrogens with zero attached hydrogens (tertiary/aromatic N) is 2. The SMILES string of the molecule is CN(C)c1ccc(NCc2cc(C(=O)O)cs2)cn1. The van der Waals surface area contributed by atoms with Gasteiger partial charge in [0.25, 0.3) is 0 Å². The van der Waals surface area contributed by atoms with Gasteiger partial charge in [0.1, 0.15) is 5.82 Å². The van der Waals surface area contributed by atoms with Crippen LogP contribution < -0.4 is 10.2 Å². The zero-order valence-electron chi connectivity index (χ0n) is 10.8. The van der Waals surface area contributed by atoms with Gasteiger partial charge in [0.2, 0.25) is 0 Å². The summed E-state index contributed by atoms with van der Waals surface area (Å²) in [4.78, 5) is 18.0. The molecule has 0 fully saturated rings. The predicted octanol–water partition coefficient (Wildman–Crippen LogP) is 2.52. The lowest BCUT2D eigenvalue weighted by Gasteiger charge is -2.11. The number of hydrogen-bond donors (Lipinski definition) is 2. The van der Waals surface area contributed by atoms with Crippen LogP contribution in [0.25, 0.3) is 0 Å². The number of carbonyl (C=O) groups is 1. The molecule has 0 aromatic carbocycles. The lowest BCUT2D eigenvalue weighted by molar-refractivity contribution is 0.0697. The third-order valence-corrected chi connectivity index (χ3v) is 3.51. The van der Waals surface area contributed by atoms with Crippen LogP contribution in [0.15, 0.2) is 29.8 Å². The molecule has 19 heavy (non-hydrogen) atoms. The van der Waals surface area contributed by atoms with Crippen LogP contribution in [0.5, 0.6) is 0 Å². The fourth-order valence-corrected chi connectivity index (χ4v) is 2.33. The van der Waals surface area contributed by atoms with Crippen molar-refractivity contribution in [2.24, 2.45) is 0 Å². The van der Waals surface area contributed by atoms with E-state index < -0.39 is 5.97 Å². The molecule has 2 N–H and O–H groups in total. The van der Waals surface area contributed by atoms with E-state index in [1.165, 1.54) is 11.3 Å². The number of carboxylic acids is 1. The van der Waals surface area contributed by atoms with Crippen LogP contribution in [0, 0.1) is 0 Å². The van der Waals surface area contributed by atoms with Gasteiger partial charge in [-0.3, -0.25) is 0 Å². The Hall–Kier alpha value is -2.08. The molecule has 100 valence electrons. The van der Waals surface area contributed by atoms with Gasteiger partial charge in [0, 0.05) is 30.9 Å². The van der Waals surface area contributed by atoms with Gasteiger partial charge in [-0.05, 0) is 18.2 Å². The lowest BCUT2D eigenvalue weighted by Crippen LogP contribution is -2.10. The Kier molecular flexibility index (Phi) is 4.01. The van der Waals surface area contributed by atoms with E-state index in [9.17, 15) is 4.79 Å². The molecule has 6 heteroatoms. The van der Waals surface area contributed by atoms with E-state index in [0.717, 1.165) is 16.4 Å². The molecule has 0 aliphatic carbocycles. The number of hydrogen-bond acceptors (Lipinski definition) is 5. The first-order valence-electron chi connectivity index (χ1n) is 5.74. The van der Waals surface area contributed by atoms with E-state index in [1.807, 2.05) is 31.1 Å². The highest BCUT2D eigenvalue weighted by atomic mass is 32.1. The molecule has 0 spiro atoms. The quantitative estimate of drug-likeness (QED) is 0.879. The molecule has 0 bridgehead atoms. The maximum Gasteiger partial charge on any atom is 0.336 e. The summed E-state index contributed by atoms with van der Waals surface area (Å²) >= 11 is 1.43. The molecule has 2 heterocycles. The Morgan fingerprint density at radius 2 is 2.26 bits per heavy atom. The Balaban J connectivity index is 1.96. The van der Waals surface area contributed by atoms with Crippen molar-refractivity contribution < 1.29 is 9.90 Å². The molecule has 0 saturated carbocycles. The molecular weight excluding hydrogens is 262 g/mol. The highest BCUT2D eigenvalue weighted by Crippen LogP contribution is 2.17. The van der Waals surface area contributed by atoms with Gasteiger partial charge in [0.15, 0.2) is 0 Å². The summed E-state index contributed by atoms with van der Waals surface area (Å²) in [5, 5.41) is 13.7. The van der Waals surface area contributed by atoms with Crippen LogP contribution in [-0.2, 0) is 6.54 Å². The molecule has 0 atom stereocenters. The Labute approximate surface area is 115 Å². The van der Waals surface area contributed by atoms with Crippen molar-refractivity contribution in [1.29, 1.82) is 0 Å². The first-order chi connectivity index (χ1) is 9.06. The second-order valence-electron chi connectivity index (χ2n) is 4.26. The zero-order valence-corrected chi connectivity index (χ0v) is 11.6. The summed E-state index contributed by atoms with van der Waals surface area (Å²) < 4.78 is 0. The fraction of sp³-hybridized carbons (Fsp3) is 0.231. The molecule has 0 amide bonds. The number of anilines is 2. The van der Waals surface area contributed by atoms with E-state index >= 15 is 0 Å². The Bertz CT molecular complexity index is 564. The van der Waals surface area contributed by atoms with Crippen LogP contribution in [0.4, 0.5) is 11.5 Å². The van der Waals surface area contributed by atoms with E-state index in [2.05, 4.69) is 10.3 Å². The van der Waals surface area contributed by atoms with Crippen LogP contribution in [0.3, 0.4) is 0 Å². The van der Waals surface area contributed by atoms with E-state index in [0.29, 0.717) is 12.1 Å². The highest BCUT2D eigenvalue weighted by molar-refractivity contribution is 7.10. The maximum atomic E-state index is 10.8. The summed E-state index contributed by atoms with van der Waals surface area (Å²) in [7, 11) is 3.88. The van der Waals surface area contributed by atoms with Gasteiger partial charge in [-0.1, -0.05) is 0 Å². The first-order valence-corrected chi connectivity index (χ1v) is 6.62. The molecule has 2 aromatic rings. The Morgan fingerprint density at radius 3 is 2.79 bits per heavy atom. The van der Waals surface area contributed by atoms with Gasteiger partial charge in [-0.25, -0.2) is 9.78 Å². The van der Waals surface area contributed by atoms with Gasteiger partial charge in [0.05, 0.1) is 17.4 Å². The van der Waals surface area contributed by atoms with Gasteiger partial charge in [-0.2, -0.15) is 0 Å². The van der Waals surface area contributed by atoms with Crippen LogP contribution in [0.1, 0.15) is 15.2 Å². The molecule has 0 aliphatic rings. The van der Waals surface area contributed by atoms with E-state index in [1.54, 1.807) is 17.6 Å². The molecule has 5 nitrogen and oxygen atoms in total. The Morgan fingerprint density at radius 1 is 1.47 bits per heavy atom. The highest BCUT2D eigenvalue weighted by Gasteiger charge is 2.06. The first kappa shape index (κ1) is 13.4. The third kappa shape index (κ3) is 3.45. The minimum Gasteiger partial charge on any atom is -0.478 e. The topological polar surface area (TPSA) is 65.5 Å². The smallest absolute Gasteiger partial charge is 0.336 e. The largest absolute Gasteiger partial charge is 0.478 e. The van der Waals surface area contributed by atoms with Crippen LogP contribution in [0.2, 0.25) is 0 Å². The number of aromatic carboxylic acids is 1. The van der Waals surface area contributed by atoms with Gasteiger partial charge >= 0.3 is 5.97 Å². The molecule has 0 radical (unpaired) electrons. The van der Waals surface area contributed by atoms with Crippen molar-refractivity contribution in [2.45, 2.75) is 6.54 Å². The van der Waals surface area contributed by atoms with Crippen molar-refractivity contribution >= 4 is 28.8 Å². The van der Waals surface area contributed by atoms with Crippen LogP contribution in [-0.4, -0.2) is 30.2 Å². The van der Waals surface area contributed by atoms with Crippen molar-refractivity contribution in [2.75, 3.05) is 24.3 Å². The zero-order chi connectivity index (χ0) is 13.8. The van der Waals surface area contributed by atoms with Crippen molar-refractivity contribution in [3.05, 3.63) is 40.2 Å².